The zero-order valence-corrected chi connectivity index (χ0v) is 20.6. The van der Waals surface area contributed by atoms with E-state index in [1.54, 1.807) is 13.0 Å². The van der Waals surface area contributed by atoms with Crippen LogP contribution in [-0.4, -0.2) is 41.8 Å². The summed E-state index contributed by atoms with van der Waals surface area (Å²) in [6.07, 6.45) is 1.90. The van der Waals surface area contributed by atoms with Gasteiger partial charge in [-0.2, -0.15) is 0 Å². The van der Waals surface area contributed by atoms with Crippen molar-refractivity contribution in [2.24, 2.45) is 4.99 Å². The first-order valence-electron chi connectivity index (χ1n) is 11.3. The van der Waals surface area contributed by atoms with Gasteiger partial charge in [0.1, 0.15) is 0 Å². The van der Waals surface area contributed by atoms with Crippen LogP contribution in [0.1, 0.15) is 32.4 Å². The number of amidine groups is 1. The van der Waals surface area contributed by atoms with Crippen molar-refractivity contribution < 1.29 is 23.8 Å². The summed E-state index contributed by atoms with van der Waals surface area (Å²) in [4.78, 5) is 31.8. The SMILES string of the molecule is CCOC(=O)C1=C(C)N=C2SC=CN2[C@H]1c1ccc(OCC(=O)Nc2ccccc2)c(OCC)c1. The number of para-hydroxylation sites is 1. The molecule has 4 rings (SSSR count). The van der Waals surface area contributed by atoms with Gasteiger partial charge in [0.15, 0.2) is 23.3 Å². The van der Waals surface area contributed by atoms with Crippen LogP contribution < -0.4 is 14.8 Å². The van der Waals surface area contributed by atoms with Crippen LogP contribution in [0.5, 0.6) is 11.5 Å². The molecule has 9 heteroatoms. The molecular weight excluding hydrogens is 466 g/mol. The highest BCUT2D eigenvalue weighted by atomic mass is 32.2. The van der Waals surface area contributed by atoms with Gasteiger partial charge in [0, 0.05) is 11.9 Å². The van der Waals surface area contributed by atoms with E-state index in [1.165, 1.54) is 11.8 Å². The maximum atomic E-state index is 12.9. The Morgan fingerprint density at radius 3 is 2.60 bits per heavy atom. The van der Waals surface area contributed by atoms with Crippen LogP contribution >= 0.6 is 11.8 Å². The van der Waals surface area contributed by atoms with E-state index in [2.05, 4.69) is 10.3 Å². The average Bonchev–Trinajstić information content (AvgIpc) is 3.31. The molecule has 0 radical (unpaired) electrons. The number of esters is 1. The number of nitrogens with one attached hydrogen (secondary N) is 1. The molecule has 8 nitrogen and oxygen atoms in total. The normalized spacial score (nSPS) is 16.5. The first-order chi connectivity index (χ1) is 17.0. The smallest absolute Gasteiger partial charge is 0.338 e. The number of aliphatic imine (C=N–C) groups is 1. The molecule has 2 aromatic carbocycles. The van der Waals surface area contributed by atoms with Crippen LogP contribution in [0.4, 0.5) is 5.69 Å². The van der Waals surface area contributed by atoms with Gasteiger partial charge >= 0.3 is 5.97 Å². The summed E-state index contributed by atoms with van der Waals surface area (Å²) < 4.78 is 17.0. The van der Waals surface area contributed by atoms with Crippen molar-refractivity contribution in [2.45, 2.75) is 26.8 Å². The third-order valence-electron chi connectivity index (χ3n) is 5.32. The Hall–Kier alpha value is -3.72. The van der Waals surface area contributed by atoms with Gasteiger partial charge in [0.25, 0.3) is 5.91 Å². The fourth-order valence-corrected chi connectivity index (χ4v) is 4.63. The van der Waals surface area contributed by atoms with Crippen molar-refractivity contribution in [1.29, 1.82) is 0 Å². The molecule has 1 N–H and O–H groups in total. The van der Waals surface area contributed by atoms with Gasteiger partial charge in [-0.15, -0.1) is 0 Å². The number of amides is 1. The van der Waals surface area contributed by atoms with Crippen molar-refractivity contribution in [1.82, 2.24) is 4.90 Å². The highest BCUT2D eigenvalue weighted by molar-refractivity contribution is 8.16. The topological polar surface area (TPSA) is 89.5 Å². The highest BCUT2D eigenvalue weighted by Gasteiger charge is 2.37. The van der Waals surface area contributed by atoms with Crippen LogP contribution in [0.3, 0.4) is 0 Å². The number of thioether (sulfide) groups is 1. The predicted molar refractivity (Wildman–Crippen MR) is 136 cm³/mol. The quantitative estimate of drug-likeness (QED) is 0.499. The molecular formula is C26H27N3O5S. The lowest BCUT2D eigenvalue weighted by atomic mass is 9.94. The molecule has 2 heterocycles. The summed E-state index contributed by atoms with van der Waals surface area (Å²) in [5, 5.41) is 5.51. The predicted octanol–water partition coefficient (Wildman–Crippen LogP) is 4.87. The van der Waals surface area contributed by atoms with Gasteiger partial charge < -0.3 is 24.4 Å². The molecule has 182 valence electrons. The standard InChI is InChI=1S/C26H27N3O5S/c1-4-32-21-15-18(11-12-20(21)34-16-22(30)28-19-9-7-6-8-10-19)24-23(25(31)33-5-2)17(3)27-26-29(24)13-14-35-26/h6-15,24H,4-5,16H2,1-3H3,(H,28,30)/t24-/m0/s1. The fourth-order valence-electron chi connectivity index (χ4n) is 3.84. The number of hydrogen-bond donors (Lipinski definition) is 1. The Kier molecular flexibility index (Phi) is 7.77. The van der Waals surface area contributed by atoms with E-state index in [0.717, 1.165) is 10.7 Å². The minimum Gasteiger partial charge on any atom is -0.490 e. The molecule has 0 aliphatic carbocycles. The first-order valence-corrected chi connectivity index (χ1v) is 12.2. The van der Waals surface area contributed by atoms with Gasteiger partial charge in [-0.05, 0) is 56.0 Å². The van der Waals surface area contributed by atoms with Crippen LogP contribution in [0, 0.1) is 0 Å². The Bertz CT molecular complexity index is 1190. The summed E-state index contributed by atoms with van der Waals surface area (Å²) in [5.74, 6) is 0.240. The Labute approximate surface area is 208 Å². The zero-order chi connectivity index (χ0) is 24.8. The molecule has 1 amide bonds. The molecule has 0 spiro atoms. The third-order valence-corrected chi connectivity index (χ3v) is 6.09. The summed E-state index contributed by atoms with van der Waals surface area (Å²) >= 11 is 1.49. The summed E-state index contributed by atoms with van der Waals surface area (Å²) in [6, 6.07) is 14.2. The lowest BCUT2D eigenvalue weighted by Crippen LogP contribution is -2.34. The minimum absolute atomic E-state index is 0.173. The van der Waals surface area contributed by atoms with Crippen LogP contribution in [0.15, 0.2) is 76.4 Å². The summed E-state index contributed by atoms with van der Waals surface area (Å²) in [5.41, 5.74) is 2.60. The van der Waals surface area contributed by atoms with Crippen LogP contribution in [0.25, 0.3) is 0 Å². The van der Waals surface area contributed by atoms with Crippen LogP contribution in [0.2, 0.25) is 0 Å². The van der Waals surface area contributed by atoms with Crippen molar-refractivity contribution in [2.75, 3.05) is 25.1 Å². The van der Waals surface area contributed by atoms with E-state index < -0.39 is 12.0 Å². The van der Waals surface area contributed by atoms with E-state index in [0.29, 0.717) is 35.1 Å². The maximum Gasteiger partial charge on any atom is 0.338 e. The molecule has 0 saturated heterocycles. The van der Waals surface area contributed by atoms with Gasteiger partial charge in [0.2, 0.25) is 0 Å². The maximum absolute atomic E-state index is 12.9. The van der Waals surface area contributed by atoms with Gasteiger partial charge in [-0.1, -0.05) is 36.0 Å². The Morgan fingerprint density at radius 2 is 1.86 bits per heavy atom. The van der Waals surface area contributed by atoms with Gasteiger partial charge in [-0.3, -0.25) is 4.79 Å². The largest absolute Gasteiger partial charge is 0.490 e. The molecule has 1 atom stereocenters. The molecule has 0 aromatic heterocycles. The first kappa shape index (κ1) is 24.4. The van der Waals surface area contributed by atoms with E-state index in [-0.39, 0.29) is 19.1 Å². The molecule has 2 aliphatic rings. The zero-order valence-electron chi connectivity index (χ0n) is 19.8. The van der Waals surface area contributed by atoms with E-state index in [1.807, 2.05) is 72.8 Å². The third kappa shape index (κ3) is 5.51. The summed E-state index contributed by atoms with van der Waals surface area (Å²) in [7, 11) is 0. The molecule has 0 bridgehead atoms. The molecule has 0 unspecified atom stereocenters. The highest BCUT2D eigenvalue weighted by Crippen LogP contribution is 2.43. The lowest BCUT2D eigenvalue weighted by molar-refractivity contribution is -0.139. The number of ether oxygens (including phenoxy) is 3. The second-order valence-corrected chi connectivity index (χ2v) is 8.54. The number of carbonyl (C=O) groups excluding carboxylic acids is 2. The average molecular weight is 494 g/mol. The monoisotopic (exact) mass is 493 g/mol. The summed E-state index contributed by atoms with van der Waals surface area (Å²) in [6.45, 7) is 5.97. The van der Waals surface area contributed by atoms with Gasteiger partial charge in [0.05, 0.1) is 30.5 Å². The Morgan fingerprint density at radius 1 is 1.06 bits per heavy atom. The molecule has 35 heavy (non-hydrogen) atoms. The van der Waals surface area contributed by atoms with E-state index in [4.69, 9.17) is 14.2 Å². The van der Waals surface area contributed by atoms with E-state index >= 15 is 0 Å². The fraction of sp³-hybridized carbons (Fsp3) is 0.269. The number of fused-ring (bicyclic) bond motifs is 1. The van der Waals surface area contributed by atoms with Gasteiger partial charge in [-0.25, -0.2) is 9.79 Å². The van der Waals surface area contributed by atoms with Crippen molar-refractivity contribution >= 4 is 34.5 Å². The van der Waals surface area contributed by atoms with Crippen molar-refractivity contribution in [3.63, 3.8) is 0 Å². The lowest BCUT2D eigenvalue weighted by Gasteiger charge is -2.33. The number of anilines is 1. The Balaban J connectivity index is 1.59. The number of allylic oxidation sites excluding steroid dienone is 1. The molecule has 0 saturated carbocycles. The minimum atomic E-state index is -0.428. The van der Waals surface area contributed by atoms with Crippen molar-refractivity contribution in [3.05, 3.63) is 77.0 Å². The van der Waals surface area contributed by atoms with E-state index in [9.17, 15) is 9.59 Å². The number of hydrogen-bond acceptors (Lipinski definition) is 8. The number of nitrogens with zero attached hydrogens (tertiary/aromatic N) is 2. The van der Waals surface area contributed by atoms with Crippen LogP contribution in [-0.2, 0) is 14.3 Å². The molecule has 2 aromatic rings. The van der Waals surface area contributed by atoms with Crippen molar-refractivity contribution in [3.8, 4) is 11.5 Å². The number of carbonyl (C=O) groups is 2. The number of benzene rings is 2. The second kappa shape index (κ2) is 11.1. The molecule has 2 aliphatic heterocycles. The second-order valence-electron chi connectivity index (χ2n) is 7.67. The number of rotatable bonds is 9. The molecule has 0 fully saturated rings.